The number of hydrogen-bond acceptors (Lipinski definition) is 2. The van der Waals surface area contributed by atoms with E-state index >= 15 is 0 Å². The van der Waals surface area contributed by atoms with Crippen molar-refractivity contribution in [3.8, 4) is 0 Å². The van der Waals surface area contributed by atoms with Crippen LogP contribution < -0.4 is 11.1 Å². The maximum atomic E-state index is 12.2. The molecule has 1 fully saturated rings. The van der Waals surface area contributed by atoms with Crippen LogP contribution in [0.15, 0.2) is 24.3 Å². The van der Waals surface area contributed by atoms with E-state index in [0.29, 0.717) is 12.5 Å². The van der Waals surface area contributed by atoms with Crippen molar-refractivity contribution < 1.29 is 4.79 Å². The van der Waals surface area contributed by atoms with Crippen LogP contribution in [0, 0.1) is 11.3 Å². The Morgan fingerprint density at radius 1 is 1.32 bits per heavy atom. The number of benzene rings is 1. The average Bonchev–Trinajstić information content (AvgIpc) is 2.30. The normalized spacial score (nSPS) is 17.1. The summed E-state index contributed by atoms with van der Waals surface area (Å²) in [4.78, 5) is 12.2. The molecule has 1 aliphatic rings. The molecule has 0 bridgehead atoms. The number of anilines is 1. The van der Waals surface area contributed by atoms with Gasteiger partial charge in [-0.3, -0.25) is 4.79 Å². The summed E-state index contributed by atoms with van der Waals surface area (Å²) in [5, 5.41) is 3.00. The minimum Gasteiger partial charge on any atom is -0.329 e. The van der Waals surface area contributed by atoms with Crippen LogP contribution in [0.4, 0.5) is 5.69 Å². The van der Waals surface area contributed by atoms with Gasteiger partial charge in [0, 0.05) is 12.2 Å². The number of nitrogens with two attached hydrogens (primary N) is 1. The fourth-order valence-electron chi connectivity index (χ4n) is 2.59. The lowest BCUT2D eigenvalue weighted by Crippen LogP contribution is -2.47. The Balaban J connectivity index is 1.97. The maximum Gasteiger partial charge on any atom is 0.231 e. The first-order valence-corrected chi connectivity index (χ1v) is 7.16. The predicted molar refractivity (Wildman–Crippen MR) is 79.0 cm³/mol. The van der Waals surface area contributed by atoms with Gasteiger partial charge in [-0.1, -0.05) is 32.4 Å². The van der Waals surface area contributed by atoms with Crippen molar-refractivity contribution in [2.24, 2.45) is 17.1 Å². The number of hydrogen-bond donors (Lipinski definition) is 2. The zero-order valence-corrected chi connectivity index (χ0v) is 11.9. The van der Waals surface area contributed by atoms with Gasteiger partial charge in [0.25, 0.3) is 0 Å². The highest BCUT2D eigenvalue weighted by molar-refractivity contribution is 5.96. The van der Waals surface area contributed by atoms with E-state index in [1.807, 2.05) is 12.1 Å². The van der Waals surface area contributed by atoms with Crippen molar-refractivity contribution in [1.29, 1.82) is 0 Å². The standard InChI is InChI=1S/C16H24N2O/c1-12(2)10-13-4-6-14(7-5-13)18-15(19)16(11-17)8-3-9-16/h4-7,12H,3,8-11,17H2,1-2H3,(H,18,19). The smallest absolute Gasteiger partial charge is 0.231 e. The molecule has 19 heavy (non-hydrogen) atoms. The second-order valence-corrected chi connectivity index (χ2v) is 6.09. The number of carbonyl (C=O) groups is 1. The van der Waals surface area contributed by atoms with E-state index in [1.165, 1.54) is 5.56 Å². The molecule has 1 amide bonds. The van der Waals surface area contributed by atoms with Crippen molar-refractivity contribution in [2.45, 2.75) is 39.5 Å². The van der Waals surface area contributed by atoms with Crippen LogP contribution in [-0.4, -0.2) is 12.5 Å². The summed E-state index contributed by atoms with van der Waals surface area (Å²) >= 11 is 0. The fourth-order valence-corrected chi connectivity index (χ4v) is 2.59. The Kier molecular flexibility index (Phi) is 4.25. The van der Waals surface area contributed by atoms with Gasteiger partial charge >= 0.3 is 0 Å². The quantitative estimate of drug-likeness (QED) is 0.855. The summed E-state index contributed by atoms with van der Waals surface area (Å²) < 4.78 is 0. The van der Waals surface area contributed by atoms with Gasteiger partial charge in [0.2, 0.25) is 5.91 Å². The molecule has 0 heterocycles. The van der Waals surface area contributed by atoms with Crippen LogP contribution in [0.5, 0.6) is 0 Å². The summed E-state index contributed by atoms with van der Waals surface area (Å²) in [5.41, 5.74) is 7.62. The van der Waals surface area contributed by atoms with Crippen LogP contribution in [0.2, 0.25) is 0 Å². The monoisotopic (exact) mass is 260 g/mol. The lowest BCUT2D eigenvalue weighted by atomic mass is 9.68. The number of rotatable bonds is 5. The molecule has 3 N–H and O–H groups in total. The van der Waals surface area contributed by atoms with Gasteiger partial charge in [-0.2, -0.15) is 0 Å². The van der Waals surface area contributed by atoms with E-state index in [2.05, 4.69) is 31.3 Å². The van der Waals surface area contributed by atoms with Crippen molar-refractivity contribution in [2.75, 3.05) is 11.9 Å². The maximum absolute atomic E-state index is 12.2. The molecule has 3 nitrogen and oxygen atoms in total. The first kappa shape index (κ1) is 14.1. The van der Waals surface area contributed by atoms with E-state index in [9.17, 15) is 4.79 Å². The molecule has 1 aromatic carbocycles. The fraction of sp³-hybridized carbons (Fsp3) is 0.562. The Bertz CT molecular complexity index is 427. The summed E-state index contributed by atoms with van der Waals surface area (Å²) in [6, 6.07) is 8.15. The molecule has 0 atom stereocenters. The molecule has 1 saturated carbocycles. The van der Waals surface area contributed by atoms with Crippen molar-refractivity contribution >= 4 is 11.6 Å². The topological polar surface area (TPSA) is 55.1 Å². The van der Waals surface area contributed by atoms with Gasteiger partial charge in [0.15, 0.2) is 0 Å². The molecular weight excluding hydrogens is 236 g/mol. The van der Waals surface area contributed by atoms with Crippen LogP contribution in [0.25, 0.3) is 0 Å². The largest absolute Gasteiger partial charge is 0.329 e. The van der Waals surface area contributed by atoms with Crippen LogP contribution >= 0.6 is 0 Å². The molecule has 2 rings (SSSR count). The molecule has 0 radical (unpaired) electrons. The number of carbonyl (C=O) groups excluding carboxylic acids is 1. The molecular formula is C16H24N2O. The minimum absolute atomic E-state index is 0.0814. The van der Waals surface area contributed by atoms with Gasteiger partial charge in [0.05, 0.1) is 5.41 Å². The van der Waals surface area contributed by atoms with Crippen LogP contribution in [-0.2, 0) is 11.2 Å². The second-order valence-electron chi connectivity index (χ2n) is 6.09. The predicted octanol–water partition coefficient (Wildman–Crippen LogP) is 2.95. The zero-order chi connectivity index (χ0) is 13.9. The Morgan fingerprint density at radius 2 is 1.95 bits per heavy atom. The zero-order valence-electron chi connectivity index (χ0n) is 11.9. The third kappa shape index (κ3) is 3.16. The number of nitrogens with one attached hydrogen (secondary N) is 1. The van der Waals surface area contributed by atoms with Gasteiger partial charge in [0.1, 0.15) is 0 Å². The molecule has 1 aromatic rings. The van der Waals surface area contributed by atoms with E-state index < -0.39 is 0 Å². The lowest BCUT2D eigenvalue weighted by molar-refractivity contribution is -0.129. The molecule has 0 saturated heterocycles. The SMILES string of the molecule is CC(C)Cc1ccc(NC(=O)C2(CN)CCC2)cc1. The molecule has 1 aliphatic carbocycles. The first-order chi connectivity index (χ1) is 9.05. The third-order valence-electron chi connectivity index (χ3n) is 4.04. The minimum atomic E-state index is -0.309. The number of amides is 1. The summed E-state index contributed by atoms with van der Waals surface area (Å²) in [7, 11) is 0. The van der Waals surface area contributed by atoms with E-state index in [-0.39, 0.29) is 11.3 Å². The Morgan fingerprint density at radius 3 is 2.37 bits per heavy atom. The van der Waals surface area contributed by atoms with Crippen molar-refractivity contribution in [3.05, 3.63) is 29.8 Å². The summed E-state index contributed by atoms with van der Waals surface area (Å²) in [6.07, 6.45) is 4.01. The van der Waals surface area contributed by atoms with Gasteiger partial charge in [-0.15, -0.1) is 0 Å². The third-order valence-corrected chi connectivity index (χ3v) is 4.04. The first-order valence-electron chi connectivity index (χ1n) is 7.16. The molecule has 104 valence electrons. The van der Waals surface area contributed by atoms with E-state index in [1.54, 1.807) is 0 Å². The van der Waals surface area contributed by atoms with E-state index in [4.69, 9.17) is 5.73 Å². The highest BCUT2D eigenvalue weighted by Crippen LogP contribution is 2.40. The molecule has 0 aromatic heterocycles. The Hall–Kier alpha value is -1.35. The van der Waals surface area contributed by atoms with Crippen LogP contribution in [0.1, 0.15) is 38.7 Å². The molecule has 3 heteroatoms. The van der Waals surface area contributed by atoms with Gasteiger partial charge in [-0.25, -0.2) is 0 Å². The highest BCUT2D eigenvalue weighted by Gasteiger charge is 2.42. The molecule has 0 aliphatic heterocycles. The highest BCUT2D eigenvalue weighted by atomic mass is 16.2. The van der Waals surface area contributed by atoms with Crippen molar-refractivity contribution in [3.63, 3.8) is 0 Å². The average molecular weight is 260 g/mol. The molecule has 0 unspecified atom stereocenters. The van der Waals surface area contributed by atoms with E-state index in [0.717, 1.165) is 31.4 Å². The Labute approximate surface area is 115 Å². The van der Waals surface area contributed by atoms with Crippen molar-refractivity contribution in [1.82, 2.24) is 0 Å². The van der Waals surface area contributed by atoms with Crippen LogP contribution in [0.3, 0.4) is 0 Å². The summed E-state index contributed by atoms with van der Waals surface area (Å²) in [5.74, 6) is 0.730. The summed E-state index contributed by atoms with van der Waals surface area (Å²) in [6.45, 7) is 4.86. The van der Waals surface area contributed by atoms with Gasteiger partial charge in [-0.05, 0) is 42.9 Å². The molecule has 0 spiro atoms. The van der Waals surface area contributed by atoms with Gasteiger partial charge < -0.3 is 11.1 Å². The second kappa shape index (κ2) is 5.74. The lowest BCUT2D eigenvalue weighted by Gasteiger charge is -2.39.